The number of allylic oxidation sites excluding steroid dienone is 1. The van der Waals surface area contributed by atoms with E-state index in [1.165, 1.54) is 64.2 Å². The summed E-state index contributed by atoms with van der Waals surface area (Å²) < 4.78 is 24.2. The largest absolute Gasteiger partial charge is 0.353 e. The van der Waals surface area contributed by atoms with Crippen LogP contribution >= 0.6 is 7.60 Å². The Hall–Kier alpha value is -0.110. The highest BCUT2D eigenvalue weighted by molar-refractivity contribution is 7.57. The lowest BCUT2D eigenvalue weighted by Gasteiger charge is -2.24. The fraction of sp³-hybridized carbons (Fsp3) is 0.895. The van der Waals surface area contributed by atoms with E-state index >= 15 is 0 Å². The molecule has 0 aromatic heterocycles. The maximum atomic E-state index is 12.8. The molecule has 0 aromatic rings. The van der Waals surface area contributed by atoms with Crippen LogP contribution < -0.4 is 0 Å². The van der Waals surface area contributed by atoms with Crippen molar-refractivity contribution < 1.29 is 13.6 Å². The second kappa shape index (κ2) is 10.7. The van der Waals surface area contributed by atoms with E-state index in [1.807, 2.05) is 6.92 Å². The van der Waals surface area contributed by atoms with Crippen molar-refractivity contribution >= 4 is 7.60 Å². The number of hydrogen-bond donors (Lipinski definition) is 0. The smallest absolute Gasteiger partial charge is 0.306 e. The van der Waals surface area contributed by atoms with Crippen molar-refractivity contribution in [2.75, 3.05) is 13.2 Å². The van der Waals surface area contributed by atoms with Gasteiger partial charge in [-0.3, -0.25) is 4.57 Å². The minimum atomic E-state index is -3.04. The Morgan fingerprint density at radius 1 is 0.826 bits per heavy atom. The van der Waals surface area contributed by atoms with Crippen molar-refractivity contribution in [1.82, 2.24) is 0 Å². The average Bonchev–Trinajstić information content (AvgIpc) is 2.57. The van der Waals surface area contributed by atoms with Crippen molar-refractivity contribution in [2.45, 2.75) is 84.0 Å². The molecule has 2 saturated carbocycles. The summed E-state index contributed by atoms with van der Waals surface area (Å²) >= 11 is 0. The van der Waals surface area contributed by atoms with Gasteiger partial charge < -0.3 is 9.05 Å². The molecule has 2 aliphatic rings. The monoisotopic (exact) mass is 342 g/mol. The summed E-state index contributed by atoms with van der Waals surface area (Å²) in [6.07, 6.45) is 17.2. The van der Waals surface area contributed by atoms with Gasteiger partial charge in [0.2, 0.25) is 0 Å². The van der Waals surface area contributed by atoms with Crippen LogP contribution in [0.15, 0.2) is 11.9 Å². The third-order valence-electron chi connectivity index (χ3n) is 5.38. The first-order valence-electron chi connectivity index (χ1n) is 9.74. The van der Waals surface area contributed by atoms with Crippen LogP contribution in [0, 0.1) is 11.8 Å². The highest BCUT2D eigenvalue weighted by Crippen LogP contribution is 2.50. The molecule has 2 fully saturated rings. The van der Waals surface area contributed by atoms with E-state index in [4.69, 9.17) is 9.05 Å². The lowest BCUT2D eigenvalue weighted by molar-refractivity contribution is 0.178. The summed E-state index contributed by atoms with van der Waals surface area (Å²) in [6, 6.07) is 0. The van der Waals surface area contributed by atoms with Crippen LogP contribution in [0.4, 0.5) is 0 Å². The standard InChI is InChI=1S/C19H35O3P/c1-2-17-23(20,21-15-13-18-9-5-3-6-10-18)22-16-14-19-11-7-4-8-12-19/h2,17-19H,3-16H2,1H3. The molecular weight excluding hydrogens is 307 g/mol. The zero-order valence-corrected chi connectivity index (χ0v) is 15.8. The predicted octanol–water partition coefficient (Wildman–Crippen LogP) is 6.69. The molecule has 0 bridgehead atoms. The zero-order valence-electron chi connectivity index (χ0n) is 14.9. The van der Waals surface area contributed by atoms with Crippen molar-refractivity contribution in [1.29, 1.82) is 0 Å². The van der Waals surface area contributed by atoms with E-state index in [0.29, 0.717) is 13.2 Å². The van der Waals surface area contributed by atoms with Gasteiger partial charge in [0.25, 0.3) is 0 Å². The number of rotatable bonds is 9. The Morgan fingerprint density at radius 2 is 1.26 bits per heavy atom. The first kappa shape index (κ1) is 19.2. The molecule has 4 heteroatoms. The van der Waals surface area contributed by atoms with Crippen molar-refractivity contribution in [3.8, 4) is 0 Å². The normalized spacial score (nSPS) is 22.0. The van der Waals surface area contributed by atoms with Gasteiger partial charge in [-0.2, -0.15) is 0 Å². The van der Waals surface area contributed by atoms with Crippen LogP contribution in [0.2, 0.25) is 0 Å². The summed E-state index contributed by atoms with van der Waals surface area (Å²) in [7, 11) is -3.04. The highest BCUT2D eigenvalue weighted by Gasteiger charge is 2.23. The van der Waals surface area contributed by atoms with Gasteiger partial charge in [0.1, 0.15) is 0 Å². The zero-order chi connectivity index (χ0) is 16.4. The molecule has 0 radical (unpaired) electrons. The molecule has 0 amide bonds. The SMILES string of the molecule is CC=CP(=O)(OCCC1CCCCC1)OCCC1CCCCC1. The van der Waals surface area contributed by atoms with E-state index in [0.717, 1.165) is 24.7 Å². The average molecular weight is 342 g/mol. The second-order valence-electron chi connectivity index (χ2n) is 7.27. The topological polar surface area (TPSA) is 35.5 Å². The van der Waals surface area contributed by atoms with E-state index in [2.05, 4.69) is 0 Å². The summed E-state index contributed by atoms with van der Waals surface area (Å²) in [4.78, 5) is 0. The Kier molecular flexibility index (Phi) is 8.93. The van der Waals surface area contributed by atoms with Gasteiger partial charge in [-0.25, -0.2) is 0 Å². The molecule has 0 spiro atoms. The third-order valence-corrected chi connectivity index (χ3v) is 7.12. The van der Waals surface area contributed by atoms with Gasteiger partial charge >= 0.3 is 7.60 Å². The fourth-order valence-electron chi connectivity index (χ4n) is 3.95. The third kappa shape index (κ3) is 7.54. The Balaban J connectivity index is 1.68. The van der Waals surface area contributed by atoms with Crippen LogP contribution in [0.5, 0.6) is 0 Å². The molecule has 0 saturated heterocycles. The molecule has 134 valence electrons. The lowest BCUT2D eigenvalue weighted by atomic mass is 9.87. The fourth-order valence-corrected chi connectivity index (χ4v) is 5.28. The minimum absolute atomic E-state index is 0.565. The Bertz CT molecular complexity index is 354. The molecule has 0 heterocycles. The summed E-state index contributed by atoms with van der Waals surface area (Å²) in [5, 5.41) is 0. The van der Waals surface area contributed by atoms with Gasteiger partial charge in [0.15, 0.2) is 0 Å². The Labute approximate surface area is 142 Å². The van der Waals surface area contributed by atoms with Crippen LogP contribution in [0.25, 0.3) is 0 Å². The summed E-state index contributed by atoms with van der Waals surface area (Å²) in [5.74, 6) is 3.14. The van der Waals surface area contributed by atoms with Gasteiger partial charge in [-0.05, 0) is 31.6 Å². The number of hydrogen-bond acceptors (Lipinski definition) is 3. The van der Waals surface area contributed by atoms with Gasteiger partial charge in [0.05, 0.1) is 13.2 Å². The Morgan fingerprint density at radius 3 is 1.65 bits per heavy atom. The molecule has 2 rings (SSSR count). The van der Waals surface area contributed by atoms with Crippen molar-refractivity contribution in [2.24, 2.45) is 11.8 Å². The molecule has 0 aliphatic heterocycles. The highest BCUT2D eigenvalue weighted by atomic mass is 31.2. The second-order valence-corrected chi connectivity index (χ2v) is 9.17. The van der Waals surface area contributed by atoms with Crippen LogP contribution in [0.3, 0.4) is 0 Å². The first-order chi connectivity index (χ1) is 11.2. The molecule has 3 nitrogen and oxygen atoms in total. The maximum Gasteiger partial charge on any atom is 0.353 e. The molecule has 0 unspecified atom stereocenters. The quantitative estimate of drug-likeness (QED) is 0.438. The molecule has 23 heavy (non-hydrogen) atoms. The summed E-state index contributed by atoms with van der Waals surface area (Å²) in [5.41, 5.74) is 0. The van der Waals surface area contributed by atoms with Crippen molar-refractivity contribution in [3.05, 3.63) is 11.9 Å². The lowest BCUT2D eigenvalue weighted by Crippen LogP contribution is -2.10. The minimum Gasteiger partial charge on any atom is -0.306 e. The van der Waals surface area contributed by atoms with E-state index in [1.54, 1.807) is 11.9 Å². The van der Waals surface area contributed by atoms with Crippen molar-refractivity contribution in [3.63, 3.8) is 0 Å². The van der Waals surface area contributed by atoms with E-state index in [9.17, 15) is 4.57 Å². The van der Waals surface area contributed by atoms with Gasteiger partial charge in [-0.1, -0.05) is 70.3 Å². The molecule has 0 N–H and O–H groups in total. The van der Waals surface area contributed by atoms with Gasteiger partial charge in [0, 0.05) is 5.82 Å². The molecule has 0 atom stereocenters. The van der Waals surface area contributed by atoms with E-state index < -0.39 is 7.60 Å². The summed E-state index contributed by atoms with van der Waals surface area (Å²) in [6.45, 7) is 3.01. The molecular formula is C19H35O3P. The predicted molar refractivity (Wildman–Crippen MR) is 96.7 cm³/mol. The maximum absolute atomic E-state index is 12.8. The molecule has 0 aromatic carbocycles. The first-order valence-corrected chi connectivity index (χ1v) is 11.4. The van der Waals surface area contributed by atoms with Crippen LogP contribution in [-0.4, -0.2) is 13.2 Å². The van der Waals surface area contributed by atoms with E-state index in [-0.39, 0.29) is 0 Å². The van der Waals surface area contributed by atoms with Crippen LogP contribution in [0.1, 0.15) is 84.0 Å². The molecule has 2 aliphatic carbocycles. The van der Waals surface area contributed by atoms with Gasteiger partial charge in [-0.15, -0.1) is 0 Å². The van der Waals surface area contributed by atoms with Crippen LogP contribution in [-0.2, 0) is 13.6 Å².